The number of amides is 1. The van der Waals surface area contributed by atoms with Crippen LogP contribution in [0.2, 0.25) is 0 Å². The van der Waals surface area contributed by atoms with Crippen molar-refractivity contribution in [3.8, 4) is 0 Å². The molecule has 2 rings (SSSR count). The molecule has 1 unspecified atom stereocenters. The maximum Gasteiger partial charge on any atom is 0.237 e. The number of nitrogens with one attached hydrogen (secondary N) is 2. The average Bonchev–Trinajstić information content (AvgIpc) is 3.03. The Bertz CT molecular complexity index is 512. The Morgan fingerprint density at radius 2 is 1.96 bits per heavy atom. The zero-order valence-corrected chi connectivity index (χ0v) is 16.7. The van der Waals surface area contributed by atoms with Gasteiger partial charge in [0, 0.05) is 45.3 Å². The van der Waals surface area contributed by atoms with E-state index in [0.717, 1.165) is 32.6 Å². The molecule has 0 saturated carbocycles. The molecule has 10 heteroatoms. The Balaban J connectivity index is 0.00000312. The number of carbonyl (C=O) groups excluding carboxylic acids is 1. The molecule has 1 amide bonds. The van der Waals surface area contributed by atoms with Gasteiger partial charge >= 0.3 is 0 Å². The predicted octanol–water partition coefficient (Wildman–Crippen LogP) is -0.741. The summed E-state index contributed by atoms with van der Waals surface area (Å²) in [7, 11) is -3.48. The quantitative estimate of drug-likeness (QED) is 0.559. The first-order valence-electron chi connectivity index (χ1n) is 8.69. The molecule has 0 aliphatic carbocycles. The molecular formula is C15H31ClN4O4S. The molecule has 8 nitrogen and oxygen atoms in total. The van der Waals surface area contributed by atoms with Crippen molar-refractivity contribution in [2.45, 2.75) is 32.4 Å². The van der Waals surface area contributed by atoms with Gasteiger partial charge < -0.3 is 15.0 Å². The second-order valence-corrected chi connectivity index (χ2v) is 8.55. The number of piperazine rings is 1. The van der Waals surface area contributed by atoms with Gasteiger partial charge in [-0.3, -0.25) is 9.69 Å². The zero-order valence-electron chi connectivity index (χ0n) is 15.1. The van der Waals surface area contributed by atoms with Gasteiger partial charge in [0.25, 0.3) is 0 Å². The SMILES string of the molecule is CC(C)OCCS(=O)(=O)NCC(=O)N1CCC(N2CCNCC2)C1.Cl. The van der Waals surface area contributed by atoms with Gasteiger partial charge in [0.2, 0.25) is 15.9 Å². The molecule has 1 atom stereocenters. The maximum atomic E-state index is 12.2. The minimum absolute atomic E-state index is 0. The molecule has 2 saturated heterocycles. The third-order valence-electron chi connectivity index (χ3n) is 4.43. The zero-order chi connectivity index (χ0) is 17.6. The molecule has 2 aliphatic heterocycles. The Hall–Kier alpha value is -0.450. The predicted molar refractivity (Wildman–Crippen MR) is 99.6 cm³/mol. The van der Waals surface area contributed by atoms with Crippen LogP contribution in [-0.2, 0) is 19.6 Å². The van der Waals surface area contributed by atoms with Gasteiger partial charge in [0.05, 0.1) is 25.0 Å². The molecule has 2 N–H and O–H groups in total. The first kappa shape index (κ1) is 22.6. The number of likely N-dealkylation sites (tertiary alicyclic amines) is 1. The first-order chi connectivity index (χ1) is 11.4. The van der Waals surface area contributed by atoms with Crippen molar-refractivity contribution in [2.24, 2.45) is 0 Å². The van der Waals surface area contributed by atoms with E-state index < -0.39 is 10.0 Å². The molecule has 25 heavy (non-hydrogen) atoms. The minimum Gasteiger partial charge on any atom is -0.378 e. The second-order valence-electron chi connectivity index (χ2n) is 6.63. The van der Waals surface area contributed by atoms with E-state index in [4.69, 9.17) is 4.74 Å². The third-order valence-corrected chi connectivity index (χ3v) is 5.72. The molecule has 2 fully saturated rings. The van der Waals surface area contributed by atoms with Crippen LogP contribution in [0, 0.1) is 0 Å². The number of ether oxygens (including phenoxy) is 1. The highest BCUT2D eigenvalue weighted by molar-refractivity contribution is 7.89. The fraction of sp³-hybridized carbons (Fsp3) is 0.933. The van der Waals surface area contributed by atoms with E-state index in [9.17, 15) is 13.2 Å². The van der Waals surface area contributed by atoms with Crippen LogP contribution < -0.4 is 10.0 Å². The summed E-state index contributed by atoms with van der Waals surface area (Å²) in [5.41, 5.74) is 0. The number of hydrogen-bond acceptors (Lipinski definition) is 6. The Kier molecular flexibility index (Phi) is 9.61. The first-order valence-corrected chi connectivity index (χ1v) is 10.3. The highest BCUT2D eigenvalue weighted by Crippen LogP contribution is 2.16. The number of carbonyl (C=O) groups is 1. The number of sulfonamides is 1. The summed E-state index contributed by atoms with van der Waals surface area (Å²) < 4.78 is 31.4. The number of hydrogen-bond donors (Lipinski definition) is 2. The van der Waals surface area contributed by atoms with Gasteiger partial charge in [0.1, 0.15) is 0 Å². The van der Waals surface area contributed by atoms with Crippen LogP contribution in [0.25, 0.3) is 0 Å². The fourth-order valence-corrected chi connectivity index (χ4v) is 3.87. The van der Waals surface area contributed by atoms with Gasteiger partial charge in [-0.1, -0.05) is 0 Å². The Morgan fingerprint density at radius 1 is 1.28 bits per heavy atom. The van der Waals surface area contributed by atoms with E-state index in [1.807, 2.05) is 13.8 Å². The lowest BCUT2D eigenvalue weighted by Crippen LogP contribution is -2.49. The molecule has 0 aromatic carbocycles. The van der Waals surface area contributed by atoms with Gasteiger partial charge in [0.15, 0.2) is 0 Å². The van der Waals surface area contributed by atoms with Crippen LogP contribution in [0.1, 0.15) is 20.3 Å². The topological polar surface area (TPSA) is 91.0 Å². The Morgan fingerprint density at radius 3 is 2.60 bits per heavy atom. The molecule has 0 aromatic heterocycles. The largest absolute Gasteiger partial charge is 0.378 e. The third kappa shape index (κ3) is 7.76. The van der Waals surface area contributed by atoms with E-state index >= 15 is 0 Å². The highest BCUT2D eigenvalue weighted by Gasteiger charge is 2.31. The van der Waals surface area contributed by atoms with Gasteiger partial charge in [-0.05, 0) is 20.3 Å². The lowest BCUT2D eigenvalue weighted by Gasteiger charge is -2.32. The molecule has 0 aromatic rings. The standard InChI is InChI=1S/C15H30N4O4S.ClH/c1-13(2)23-9-10-24(21,22)17-11-15(20)19-6-3-14(12-19)18-7-4-16-5-8-18;/h13-14,16-17H,3-12H2,1-2H3;1H. The molecule has 0 bridgehead atoms. The smallest absolute Gasteiger partial charge is 0.237 e. The molecule has 0 radical (unpaired) electrons. The van der Waals surface area contributed by atoms with E-state index in [1.54, 1.807) is 4.90 Å². The van der Waals surface area contributed by atoms with E-state index in [-0.39, 0.29) is 43.3 Å². The van der Waals surface area contributed by atoms with Gasteiger partial charge in [-0.15, -0.1) is 12.4 Å². The number of nitrogens with zero attached hydrogens (tertiary/aromatic N) is 2. The van der Waals surface area contributed by atoms with Crippen molar-refractivity contribution < 1.29 is 17.9 Å². The number of rotatable bonds is 8. The summed E-state index contributed by atoms with van der Waals surface area (Å²) in [5, 5.41) is 3.32. The average molecular weight is 399 g/mol. The summed E-state index contributed by atoms with van der Waals surface area (Å²) in [6, 6.07) is 0.395. The normalized spacial score (nSPS) is 22.2. The van der Waals surface area contributed by atoms with Crippen molar-refractivity contribution in [1.82, 2.24) is 19.8 Å². The van der Waals surface area contributed by atoms with Crippen LogP contribution in [0.15, 0.2) is 0 Å². The van der Waals surface area contributed by atoms with E-state index in [2.05, 4.69) is 14.9 Å². The van der Waals surface area contributed by atoms with Crippen molar-refractivity contribution >= 4 is 28.3 Å². The van der Waals surface area contributed by atoms with Crippen molar-refractivity contribution in [1.29, 1.82) is 0 Å². The summed E-state index contributed by atoms with van der Waals surface area (Å²) >= 11 is 0. The van der Waals surface area contributed by atoms with Crippen LogP contribution in [0.5, 0.6) is 0 Å². The second kappa shape index (κ2) is 10.6. The lowest BCUT2D eigenvalue weighted by molar-refractivity contribution is -0.129. The number of halogens is 1. The fourth-order valence-electron chi connectivity index (χ4n) is 3.06. The van der Waals surface area contributed by atoms with Crippen LogP contribution in [0.4, 0.5) is 0 Å². The van der Waals surface area contributed by atoms with Crippen molar-refractivity contribution in [3.05, 3.63) is 0 Å². The van der Waals surface area contributed by atoms with Crippen molar-refractivity contribution in [2.75, 3.05) is 58.2 Å². The van der Waals surface area contributed by atoms with Crippen LogP contribution in [-0.4, -0.2) is 94.4 Å². The van der Waals surface area contributed by atoms with Gasteiger partial charge in [-0.2, -0.15) is 0 Å². The van der Waals surface area contributed by atoms with E-state index in [0.29, 0.717) is 19.1 Å². The molecule has 2 aliphatic rings. The lowest BCUT2D eigenvalue weighted by atomic mass is 10.2. The van der Waals surface area contributed by atoms with Crippen molar-refractivity contribution in [3.63, 3.8) is 0 Å². The monoisotopic (exact) mass is 398 g/mol. The highest BCUT2D eigenvalue weighted by atomic mass is 35.5. The van der Waals surface area contributed by atoms with Crippen LogP contribution in [0.3, 0.4) is 0 Å². The summed E-state index contributed by atoms with van der Waals surface area (Å²) in [4.78, 5) is 16.4. The van der Waals surface area contributed by atoms with Crippen LogP contribution >= 0.6 is 12.4 Å². The Labute approximate surface area is 157 Å². The minimum atomic E-state index is -3.48. The van der Waals surface area contributed by atoms with E-state index in [1.165, 1.54) is 0 Å². The molecule has 148 valence electrons. The maximum absolute atomic E-state index is 12.2. The summed E-state index contributed by atoms with van der Waals surface area (Å²) in [6.07, 6.45) is 0.953. The molecular weight excluding hydrogens is 368 g/mol. The molecule has 2 heterocycles. The molecule has 0 spiro atoms. The summed E-state index contributed by atoms with van der Waals surface area (Å²) in [5.74, 6) is -0.275. The van der Waals surface area contributed by atoms with Gasteiger partial charge in [-0.25, -0.2) is 13.1 Å². The summed E-state index contributed by atoms with van der Waals surface area (Å²) in [6.45, 7) is 9.06.